The van der Waals surface area contributed by atoms with Crippen LogP contribution in [0.2, 0.25) is 0 Å². The van der Waals surface area contributed by atoms with Crippen molar-refractivity contribution in [2.24, 2.45) is 0 Å². The van der Waals surface area contributed by atoms with Crippen LogP contribution in [0.1, 0.15) is 9.67 Å². The number of hydrogen-bond acceptors (Lipinski definition) is 4. The number of ketones is 1. The standard InChI is InChI=1S/C17H19FN2OS/c1-19-8-10-20(11-9-19)12-15(21)17-7-6-16(22-17)13-2-4-14(18)5-3-13/h2-7H,8-12H2,1H3. The summed E-state index contributed by atoms with van der Waals surface area (Å²) in [5, 5.41) is 0. The highest BCUT2D eigenvalue weighted by Crippen LogP contribution is 2.28. The van der Waals surface area contributed by atoms with Crippen LogP contribution in [0.5, 0.6) is 0 Å². The third kappa shape index (κ3) is 3.61. The predicted octanol–water partition coefficient (Wildman–Crippen LogP) is 2.98. The van der Waals surface area contributed by atoms with Crippen molar-refractivity contribution >= 4 is 17.1 Å². The van der Waals surface area contributed by atoms with Crippen molar-refractivity contribution < 1.29 is 9.18 Å². The van der Waals surface area contributed by atoms with Crippen LogP contribution >= 0.6 is 11.3 Å². The molecule has 0 unspecified atom stereocenters. The number of nitrogens with zero attached hydrogens (tertiary/aromatic N) is 2. The molecule has 0 radical (unpaired) electrons. The zero-order valence-electron chi connectivity index (χ0n) is 12.6. The van der Waals surface area contributed by atoms with Crippen LogP contribution in [0.15, 0.2) is 36.4 Å². The van der Waals surface area contributed by atoms with Crippen LogP contribution in [0, 0.1) is 5.82 Å². The summed E-state index contributed by atoms with van der Waals surface area (Å²) in [6.45, 7) is 4.39. The maximum Gasteiger partial charge on any atom is 0.186 e. The second-order valence-corrected chi connectivity index (χ2v) is 6.76. The van der Waals surface area contributed by atoms with Gasteiger partial charge in [-0.25, -0.2) is 4.39 Å². The molecule has 2 heterocycles. The number of carbonyl (C=O) groups excluding carboxylic acids is 1. The predicted molar refractivity (Wildman–Crippen MR) is 88.0 cm³/mol. The number of Topliss-reactive ketones (excluding diaryl/α,β-unsaturated/α-hetero) is 1. The van der Waals surface area contributed by atoms with Gasteiger partial charge >= 0.3 is 0 Å². The highest BCUT2D eigenvalue weighted by Gasteiger charge is 2.18. The molecule has 0 aliphatic carbocycles. The maximum atomic E-state index is 13.0. The minimum atomic E-state index is -0.244. The van der Waals surface area contributed by atoms with Crippen molar-refractivity contribution in [3.63, 3.8) is 0 Å². The van der Waals surface area contributed by atoms with Gasteiger partial charge in [0.1, 0.15) is 5.82 Å². The average Bonchev–Trinajstić information content (AvgIpc) is 3.00. The molecule has 116 valence electrons. The van der Waals surface area contributed by atoms with E-state index in [1.54, 1.807) is 12.1 Å². The fourth-order valence-electron chi connectivity index (χ4n) is 2.54. The molecular weight excluding hydrogens is 299 g/mol. The number of carbonyl (C=O) groups is 1. The summed E-state index contributed by atoms with van der Waals surface area (Å²) < 4.78 is 13.0. The normalized spacial score (nSPS) is 16.8. The van der Waals surface area contributed by atoms with Gasteiger partial charge in [0, 0.05) is 31.1 Å². The van der Waals surface area contributed by atoms with Gasteiger partial charge in [0.25, 0.3) is 0 Å². The molecule has 1 aromatic heterocycles. The largest absolute Gasteiger partial charge is 0.304 e. The summed E-state index contributed by atoms with van der Waals surface area (Å²) in [5.41, 5.74) is 0.949. The Balaban J connectivity index is 1.65. The summed E-state index contributed by atoms with van der Waals surface area (Å²) in [5.74, 6) is -0.0745. The van der Waals surface area contributed by atoms with Crippen molar-refractivity contribution in [1.29, 1.82) is 0 Å². The van der Waals surface area contributed by atoms with Gasteiger partial charge in [0.2, 0.25) is 0 Å². The number of likely N-dealkylation sites (N-methyl/N-ethyl adjacent to an activating group) is 1. The van der Waals surface area contributed by atoms with E-state index in [0.29, 0.717) is 6.54 Å². The Morgan fingerprint density at radius 2 is 1.77 bits per heavy atom. The van der Waals surface area contributed by atoms with Crippen molar-refractivity contribution in [2.45, 2.75) is 0 Å². The van der Waals surface area contributed by atoms with Gasteiger partial charge in [0.05, 0.1) is 11.4 Å². The molecule has 1 aromatic carbocycles. The maximum absolute atomic E-state index is 13.0. The minimum absolute atomic E-state index is 0.169. The van der Waals surface area contributed by atoms with Crippen molar-refractivity contribution in [3.05, 3.63) is 47.1 Å². The fraction of sp³-hybridized carbons (Fsp3) is 0.353. The molecule has 22 heavy (non-hydrogen) atoms. The van der Waals surface area contributed by atoms with Gasteiger partial charge < -0.3 is 4.90 Å². The van der Waals surface area contributed by atoms with E-state index in [2.05, 4.69) is 16.8 Å². The summed E-state index contributed by atoms with van der Waals surface area (Å²) >= 11 is 1.48. The third-order valence-corrected chi connectivity index (χ3v) is 5.15. The molecule has 0 bridgehead atoms. The lowest BCUT2D eigenvalue weighted by Gasteiger charge is -2.31. The van der Waals surface area contributed by atoms with Gasteiger partial charge in [-0.1, -0.05) is 12.1 Å². The Hall–Kier alpha value is -1.56. The first-order valence-electron chi connectivity index (χ1n) is 7.42. The highest BCUT2D eigenvalue weighted by molar-refractivity contribution is 7.17. The summed E-state index contributed by atoms with van der Waals surface area (Å²) in [7, 11) is 2.10. The second kappa shape index (κ2) is 6.69. The molecule has 0 atom stereocenters. The smallest absolute Gasteiger partial charge is 0.186 e. The third-order valence-electron chi connectivity index (χ3n) is 3.97. The topological polar surface area (TPSA) is 23.6 Å². The van der Waals surface area contributed by atoms with E-state index in [-0.39, 0.29) is 11.6 Å². The Morgan fingerprint density at radius 3 is 2.45 bits per heavy atom. The van der Waals surface area contributed by atoms with E-state index in [1.807, 2.05) is 12.1 Å². The lowest BCUT2D eigenvalue weighted by atomic mass is 10.2. The number of piperazine rings is 1. The summed E-state index contributed by atoms with van der Waals surface area (Å²) in [6, 6.07) is 10.2. The molecule has 0 saturated carbocycles. The van der Waals surface area contributed by atoms with Crippen LogP contribution in [0.4, 0.5) is 4.39 Å². The first-order chi connectivity index (χ1) is 10.6. The van der Waals surface area contributed by atoms with Gasteiger partial charge in [-0.05, 0) is 36.9 Å². The molecule has 0 N–H and O–H groups in total. The van der Waals surface area contributed by atoms with Gasteiger partial charge in [0.15, 0.2) is 5.78 Å². The zero-order valence-corrected chi connectivity index (χ0v) is 13.4. The molecule has 3 nitrogen and oxygen atoms in total. The van der Waals surface area contributed by atoms with Crippen LogP contribution < -0.4 is 0 Å². The Labute approximate surface area is 134 Å². The molecule has 5 heteroatoms. The Kier molecular flexibility index (Phi) is 4.66. The van der Waals surface area contributed by atoms with Crippen LogP contribution in [-0.4, -0.2) is 55.4 Å². The van der Waals surface area contributed by atoms with Gasteiger partial charge in [-0.3, -0.25) is 9.69 Å². The minimum Gasteiger partial charge on any atom is -0.304 e. The molecule has 1 aliphatic heterocycles. The van der Waals surface area contributed by atoms with E-state index >= 15 is 0 Å². The zero-order chi connectivity index (χ0) is 15.5. The number of benzene rings is 1. The molecule has 0 spiro atoms. The summed E-state index contributed by atoms with van der Waals surface area (Å²) in [4.78, 5) is 18.7. The van der Waals surface area contributed by atoms with E-state index in [0.717, 1.165) is 41.5 Å². The van der Waals surface area contributed by atoms with E-state index in [4.69, 9.17) is 0 Å². The number of rotatable bonds is 4. The SMILES string of the molecule is CN1CCN(CC(=O)c2ccc(-c3ccc(F)cc3)s2)CC1. The molecule has 1 fully saturated rings. The Morgan fingerprint density at radius 1 is 1.09 bits per heavy atom. The second-order valence-electron chi connectivity index (χ2n) is 5.67. The number of hydrogen-bond donors (Lipinski definition) is 0. The van der Waals surface area contributed by atoms with Crippen LogP contribution in [0.3, 0.4) is 0 Å². The highest BCUT2D eigenvalue weighted by atomic mass is 32.1. The Bertz CT molecular complexity index is 645. The van der Waals surface area contributed by atoms with E-state index in [1.165, 1.54) is 23.5 Å². The van der Waals surface area contributed by atoms with Gasteiger partial charge in [-0.15, -0.1) is 11.3 Å². The molecule has 3 rings (SSSR count). The quantitative estimate of drug-likeness (QED) is 0.810. The van der Waals surface area contributed by atoms with Crippen LogP contribution in [-0.2, 0) is 0 Å². The molecule has 1 aliphatic rings. The molecular formula is C17H19FN2OS. The number of halogens is 1. The number of thiophene rings is 1. The average molecular weight is 318 g/mol. The first kappa shape index (κ1) is 15.3. The van der Waals surface area contributed by atoms with Gasteiger partial charge in [-0.2, -0.15) is 0 Å². The monoisotopic (exact) mass is 318 g/mol. The van der Waals surface area contributed by atoms with Crippen LogP contribution in [0.25, 0.3) is 10.4 Å². The molecule has 0 amide bonds. The molecule has 2 aromatic rings. The lowest BCUT2D eigenvalue weighted by molar-refractivity contribution is 0.0880. The van der Waals surface area contributed by atoms with E-state index in [9.17, 15) is 9.18 Å². The van der Waals surface area contributed by atoms with Crippen molar-refractivity contribution in [2.75, 3.05) is 39.8 Å². The molecule has 1 saturated heterocycles. The first-order valence-corrected chi connectivity index (χ1v) is 8.23. The lowest BCUT2D eigenvalue weighted by Crippen LogP contribution is -2.46. The summed E-state index contributed by atoms with van der Waals surface area (Å²) in [6.07, 6.45) is 0. The van der Waals surface area contributed by atoms with E-state index < -0.39 is 0 Å². The van der Waals surface area contributed by atoms with Crippen molar-refractivity contribution in [1.82, 2.24) is 9.80 Å². The fourth-order valence-corrected chi connectivity index (χ4v) is 3.49. The van der Waals surface area contributed by atoms with Crippen molar-refractivity contribution in [3.8, 4) is 10.4 Å².